The molecule has 1 N–H and O–H groups in total. The third-order valence-corrected chi connectivity index (χ3v) is 8.28. The fourth-order valence-electron chi connectivity index (χ4n) is 7.04. The lowest BCUT2D eigenvalue weighted by Gasteiger charge is -2.44. The summed E-state index contributed by atoms with van der Waals surface area (Å²) in [5.74, 6) is -0.262. The summed E-state index contributed by atoms with van der Waals surface area (Å²) in [6, 6.07) is 19.4. The molecular formula is C30H30FNO3. The zero-order valence-corrected chi connectivity index (χ0v) is 20.1. The summed E-state index contributed by atoms with van der Waals surface area (Å²) in [6.07, 6.45) is 2.28. The molecule has 2 aliphatic heterocycles. The quantitative estimate of drug-likeness (QED) is 0.494. The highest BCUT2D eigenvalue weighted by Crippen LogP contribution is 2.48. The van der Waals surface area contributed by atoms with Crippen LogP contribution >= 0.6 is 0 Å². The first-order chi connectivity index (χ1) is 16.9. The van der Waals surface area contributed by atoms with Gasteiger partial charge in [0.1, 0.15) is 12.4 Å². The van der Waals surface area contributed by atoms with Crippen molar-refractivity contribution in [2.24, 2.45) is 0 Å². The largest absolute Gasteiger partial charge is 0.448 e. The molecule has 2 bridgehead atoms. The number of nitrogens with zero attached hydrogens (tertiary/aromatic N) is 1. The van der Waals surface area contributed by atoms with E-state index in [0.717, 1.165) is 29.5 Å². The number of amides is 1. The summed E-state index contributed by atoms with van der Waals surface area (Å²) in [4.78, 5) is 15.2. The van der Waals surface area contributed by atoms with Gasteiger partial charge in [-0.2, -0.15) is 0 Å². The Labute approximate surface area is 205 Å². The summed E-state index contributed by atoms with van der Waals surface area (Å²) < 4.78 is 19.8. The number of aliphatic hydroxyl groups is 1. The summed E-state index contributed by atoms with van der Waals surface area (Å²) >= 11 is 0. The lowest BCUT2D eigenvalue weighted by Crippen LogP contribution is -2.52. The number of benzene rings is 3. The van der Waals surface area contributed by atoms with E-state index < -0.39 is 5.60 Å². The summed E-state index contributed by atoms with van der Waals surface area (Å²) in [5, 5.41) is 11.7. The lowest BCUT2D eigenvalue weighted by atomic mass is 9.77. The van der Waals surface area contributed by atoms with Crippen LogP contribution in [-0.2, 0) is 10.3 Å². The molecule has 2 saturated heterocycles. The van der Waals surface area contributed by atoms with Gasteiger partial charge < -0.3 is 14.7 Å². The van der Waals surface area contributed by atoms with Crippen LogP contribution in [0.5, 0.6) is 0 Å². The van der Waals surface area contributed by atoms with E-state index in [1.165, 1.54) is 34.4 Å². The molecule has 0 saturated carbocycles. The van der Waals surface area contributed by atoms with Gasteiger partial charge in [0.05, 0.1) is 5.60 Å². The predicted molar refractivity (Wildman–Crippen MR) is 133 cm³/mol. The maximum atomic E-state index is 13.9. The monoisotopic (exact) mass is 471 g/mol. The Morgan fingerprint density at radius 1 is 0.971 bits per heavy atom. The fourth-order valence-corrected chi connectivity index (χ4v) is 7.04. The Balaban J connectivity index is 1.20. The molecule has 6 rings (SSSR count). The number of aryl methyl sites for hydroxylation is 2. The zero-order valence-electron chi connectivity index (χ0n) is 20.1. The van der Waals surface area contributed by atoms with Crippen LogP contribution in [0, 0.1) is 19.7 Å². The summed E-state index contributed by atoms with van der Waals surface area (Å²) in [6.45, 7) is 4.00. The van der Waals surface area contributed by atoms with E-state index in [-0.39, 0.29) is 29.9 Å². The van der Waals surface area contributed by atoms with Crippen molar-refractivity contribution in [2.75, 3.05) is 6.61 Å². The first kappa shape index (κ1) is 22.3. The van der Waals surface area contributed by atoms with Crippen molar-refractivity contribution in [3.05, 3.63) is 94.3 Å². The van der Waals surface area contributed by atoms with E-state index in [0.29, 0.717) is 19.4 Å². The Morgan fingerprint density at radius 2 is 1.49 bits per heavy atom. The van der Waals surface area contributed by atoms with Crippen LogP contribution in [0.2, 0.25) is 0 Å². The molecule has 3 aliphatic rings. The van der Waals surface area contributed by atoms with E-state index in [1.807, 2.05) is 43.0 Å². The molecule has 2 heterocycles. The third-order valence-electron chi connectivity index (χ3n) is 8.28. The van der Waals surface area contributed by atoms with E-state index in [2.05, 4.69) is 24.3 Å². The van der Waals surface area contributed by atoms with Crippen molar-refractivity contribution < 1.29 is 19.0 Å². The third kappa shape index (κ3) is 3.56. The molecule has 3 aromatic carbocycles. The molecular weight excluding hydrogens is 441 g/mol. The first-order valence-corrected chi connectivity index (χ1v) is 12.5. The standard InChI is InChI=1S/C30H30FNO3/c1-18-13-20(31)14-19(2)28(18)30(34)15-21-11-12-22(16-30)32(21)29(33)35-17-27-25-9-5-3-7-23(25)24-8-4-6-10-26(24)27/h3-10,13-14,21-22,27,34H,11-12,15-17H2,1-2H3. The highest BCUT2D eigenvalue weighted by atomic mass is 19.1. The van der Waals surface area contributed by atoms with Gasteiger partial charge in [-0.25, -0.2) is 9.18 Å². The van der Waals surface area contributed by atoms with Crippen LogP contribution in [0.25, 0.3) is 11.1 Å². The van der Waals surface area contributed by atoms with Crippen LogP contribution in [0.3, 0.4) is 0 Å². The van der Waals surface area contributed by atoms with Crippen LogP contribution in [0.1, 0.15) is 59.4 Å². The van der Waals surface area contributed by atoms with Crippen molar-refractivity contribution in [3.8, 4) is 11.1 Å². The Hall–Kier alpha value is -3.18. The minimum absolute atomic E-state index is 0.0234. The van der Waals surface area contributed by atoms with E-state index >= 15 is 0 Å². The maximum Gasteiger partial charge on any atom is 0.410 e. The van der Waals surface area contributed by atoms with Gasteiger partial charge in [0.25, 0.3) is 0 Å². The molecule has 2 atom stereocenters. The van der Waals surface area contributed by atoms with Gasteiger partial charge in [0.15, 0.2) is 0 Å². The second-order valence-corrected chi connectivity index (χ2v) is 10.5. The number of piperidine rings is 1. The smallest absolute Gasteiger partial charge is 0.410 e. The van der Waals surface area contributed by atoms with Crippen molar-refractivity contribution >= 4 is 6.09 Å². The molecule has 1 amide bonds. The summed E-state index contributed by atoms with van der Waals surface area (Å²) in [7, 11) is 0. The highest BCUT2D eigenvalue weighted by Gasteiger charge is 2.51. The second kappa shape index (κ2) is 8.20. The number of fused-ring (bicyclic) bond motifs is 5. The normalized spacial score (nSPS) is 24.9. The average molecular weight is 472 g/mol. The predicted octanol–water partition coefficient (Wildman–Crippen LogP) is 6.21. The molecule has 35 heavy (non-hydrogen) atoms. The van der Waals surface area contributed by atoms with E-state index in [4.69, 9.17) is 4.74 Å². The van der Waals surface area contributed by atoms with Crippen molar-refractivity contribution in [1.82, 2.24) is 4.90 Å². The topological polar surface area (TPSA) is 49.8 Å². The van der Waals surface area contributed by atoms with Crippen LogP contribution in [0.15, 0.2) is 60.7 Å². The van der Waals surface area contributed by atoms with Crippen LogP contribution in [-0.4, -0.2) is 34.8 Å². The molecule has 0 aromatic heterocycles. The SMILES string of the molecule is Cc1cc(F)cc(C)c1C1(O)CC2CCC(C1)N2C(=O)OCC1c2ccccc2-c2ccccc21. The highest BCUT2D eigenvalue weighted by molar-refractivity contribution is 5.79. The number of halogens is 1. The van der Waals surface area contributed by atoms with Gasteiger partial charge in [0, 0.05) is 30.8 Å². The van der Waals surface area contributed by atoms with Gasteiger partial charge in [0.2, 0.25) is 0 Å². The summed E-state index contributed by atoms with van der Waals surface area (Å²) in [5.41, 5.74) is 6.07. The maximum absolute atomic E-state index is 13.9. The number of hydrogen-bond acceptors (Lipinski definition) is 3. The number of carbonyl (C=O) groups excluding carboxylic acids is 1. The minimum Gasteiger partial charge on any atom is -0.448 e. The van der Waals surface area contributed by atoms with Gasteiger partial charge in [-0.3, -0.25) is 0 Å². The molecule has 3 aromatic rings. The molecule has 180 valence electrons. The van der Waals surface area contributed by atoms with Crippen molar-refractivity contribution in [1.29, 1.82) is 0 Å². The first-order valence-electron chi connectivity index (χ1n) is 12.5. The van der Waals surface area contributed by atoms with Gasteiger partial charge >= 0.3 is 6.09 Å². The number of ether oxygens (including phenoxy) is 1. The second-order valence-electron chi connectivity index (χ2n) is 10.5. The van der Waals surface area contributed by atoms with Gasteiger partial charge in [-0.1, -0.05) is 48.5 Å². The number of rotatable bonds is 3. The van der Waals surface area contributed by atoms with Crippen LogP contribution in [0.4, 0.5) is 9.18 Å². The number of hydrogen-bond donors (Lipinski definition) is 1. The molecule has 4 nitrogen and oxygen atoms in total. The molecule has 2 unspecified atom stereocenters. The van der Waals surface area contributed by atoms with Crippen molar-refractivity contribution in [2.45, 2.75) is 63.1 Å². The van der Waals surface area contributed by atoms with Crippen molar-refractivity contribution in [3.63, 3.8) is 0 Å². The van der Waals surface area contributed by atoms with Crippen LogP contribution < -0.4 is 0 Å². The molecule has 2 fully saturated rings. The van der Waals surface area contributed by atoms with E-state index in [1.54, 1.807) is 0 Å². The number of carbonyl (C=O) groups is 1. The van der Waals surface area contributed by atoms with Gasteiger partial charge in [-0.05, 0) is 77.8 Å². The molecule has 0 spiro atoms. The Bertz CT molecular complexity index is 1240. The minimum atomic E-state index is -1.06. The fraction of sp³-hybridized carbons (Fsp3) is 0.367. The molecule has 0 radical (unpaired) electrons. The zero-order chi connectivity index (χ0) is 24.3. The van der Waals surface area contributed by atoms with Gasteiger partial charge in [-0.15, -0.1) is 0 Å². The lowest BCUT2D eigenvalue weighted by molar-refractivity contribution is -0.0538. The average Bonchev–Trinajstić information content (AvgIpc) is 3.29. The van der Waals surface area contributed by atoms with E-state index in [9.17, 15) is 14.3 Å². The Morgan fingerprint density at radius 3 is 2.03 bits per heavy atom. The Kier molecular flexibility index (Phi) is 5.22. The molecule has 5 heteroatoms. The molecule has 1 aliphatic carbocycles.